The Morgan fingerprint density at radius 3 is 2.41 bits per heavy atom. The van der Waals surface area contributed by atoms with Crippen LogP contribution in [-0.4, -0.2) is 57.7 Å². The molecule has 0 unspecified atom stereocenters. The highest BCUT2D eigenvalue weighted by Gasteiger charge is 2.30. The number of nitrogens with zero attached hydrogens (tertiary/aromatic N) is 2. The van der Waals surface area contributed by atoms with E-state index < -0.39 is 10.0 Å². The zero-order valence-corrected chi connectivity index (χ0v) is 17.2. The fraction of sp³-hybridized carbons (Fsp3) is 0.579. The third-order valence-electron chi connectivity index (χ3n) is 4.99. The molecule has 7 nitrogen and oxygen atoms in total. The second kappa shape index (κ2) is 8.73. The van der Waals surface area contributed by atoms with Crippen LogP contribution in [0.3, 0.4) is 0 Å². The number of anilines is 1. The molecule has 0 atom stereocenters. The standard InChI is InChI=1S/C19H28N2O5S/c1-5-26-19(23)16-9-11-20(12-10-16)18(22)13-21(27(4,24)25)17-8-6-7-14(2)15(17)3/h6-8,16H,5,9-13H2,1-4H3. The number of carbonyl (C=O) groups is 2. The molecule has 0 bridgehead atoms. The van der Waals surface area contributed by atoms with Crippen LogP contribution in [0.2, 0.25) is 0 Å². The maximum Gasteiger partial charge on any atom is 0.309 e. The number of piperidine rings is 1. The van der Waals surface area contributed by atoms with E-state index in [9.17, 15) is 18.0 Å². The van der Waals surface area contributed by atoms with Crippen molar-refractivity contribution < 1.29 is 22.7 Å². The van der Waals surface area contributed by atoms with Crippen LogP contribution in [0.25, 0.3) is 0 Å². The molecule has 27 heavy (non-hydrogen) atoms. The predicted octanol–water partition coefficient (Wildman–Crippen LogP) is 1.87. The molecule has 150 valence electrons. The molecule has 0 radical (unpaired) electrons. The molecular formula is C19H28N2O5S. The first kappa shape index (κ1) is 21.2. The highest BCUT2D eigenvalue weighted by atomic mass is 32.2. The number of aryl methyl sites for hydroxylation is 1. The van der Waals surface area contributed by atoms with Gasteiger partial charge in [-0.2, -0.15) is 0 Å². The molecular weight excluding hydrogens is 368 g/mol. The summed E-state index contributed by atoms with van der Waals surface area (Å²) in [6, 6.07) is 5.40. The Morgan fingerprint density at radius 2 is 1.85 bits per heavy atom. The predicted molar refractivity (Wildman–Crippen MR) is 104 cm³/mol. The van der Waals surface area contributed by atoms with Gasteiger partial charge in [0.05, 0.1) is 24.5 Å². The van der Waals surface area contributed by atoms with Crippen molar-refractivity contribution in [2.45, 2.75) is 33.6 Å². The van der Waals surface area contributed by atoms with Gasteiger partial charge < -0.3 is 9.64 Å². The van der Waals surface area contributed by atoms with Crippen molar-refractivity contribution in [2.24, 2.45) is 5.92 Å². The quantitative estimate of drug-likeness (QED) is 0.686. The highest BCUT2D eigenvalue weighted by molar-refractivity contribution is 7.92. The Kier molecular flexibility index (Phi) is 6.86. The van der Waals surface area contributed by atoms with Gasteiger partial charge in [0.2, 0.25) is 15.9 Å². The first-order chi connectivity index (χ1) is 12.6. The largest absolute Gasteiger partial charge is 0.466 e. The number of sulfonamides is 1. The van der Waals surface area contributed by atoms with Crippen LogP contribution in [0.4, 0.5) is 5.69 Å². The lowest BCUT2D eigenvalue weighted by Gasteiger charge is -2.33. The van der Waals surface area contributed by atoms with Crippen molar-refractivity contribution >= 4 is 27.6 Å². The molecule has 1 aliphatic heterocycles. The van der Waals surface area contributed by atoms with Crippen LogP contribution < -0.4 is 4.31 Å². The van der Waals surface area contributed by atoms with Crippen LogP contribution in [0.1, 0.15) is 30.9 Å². The number of hydrogen-bond donors (Lipinski definition) is 0. The number of rotatable bonds is 6. The van der Waals surface area contributed by atoms with Gasteiger partial charge in [0.1, 0.15) is 6.54 Å². The highest BCUT2D eigenvalue weighted by Crippen LogP contribution is 2.26. The lowest BCUT2D eigenvalue weighted by Crippen LogP contribution is -2.46. The molecule has 1 amide bonds. The maximum atomic E-state index is 12.7. The monoisotopic (exact) mass is 396 g/mol. The maximum absolute atomic E-state index is 12.7. The molecule has 0 aromatic heterocycles. The molecule has 1 heterocycles. The van der Waals surface area contributed by atoms with Gasteiger partial charge in [0.15, 0.2) is 0 Å². The molecule has 1 aliphatic rings. The number of hydrogen-bond acceptors (Lipinski definition) is 5. The Bertz CT molecular complexity index is 798. The van der Waals surface area contributed by atoms with Crippen molar-refractivity contribution in [1.29, 1.82) is 0 Å². The molecule has 0 aliphatic carbocycles. The number of amides is 1. The normalized spacial score (nSPS) is 15.5. The topological polar surface area (TPSA) is 84.0 Å². The van der Waals surface area contributed by atoms with Crippen LogP contribution in [0.15, 0.2) is 18.2 Å². The average molecular weight is 397 g/mol. The summed E-state index contributed by atoms with van der Waals surface area (Å²) in [4.78, 5) is 26.2. The smallest absolute Gasteiger partial charge is 0.309 e. The van der Waals surface area contributed by atoms with Gasteiger partial charge in [0, 0.05) is 13.1 Å². The number of esters is 1. The van der Waals surface area contributed by atoms with E-state index in [-0.39, 0.29) is 24.3 Å². The number of benzene rings is 1. The van der Waals surface area contributed by atoms with Crippen LogP contribution in [0.5, 0.6) is 0 Å². The molecule has 0 saturated carbocycles. The molecule has 2 rings (SSSR count). The van der Waals surface area contributed by atoms with E-state index in [1.54, 1.807) is 24.0 Å². The van der Waals surface area contributed by atoms with E-state index >= 15 is 0 Å². The fourth-order valence-corrected chi connectivity index (χ4v) is 4.13. The second-order valence-corrected chi connectivity index (χ2v) is 8.80. The van der Waals surface area contributed by atoms with Crippen LogP contribution in [0, 0.1) is 19.8 Å². The second-order valence-electron chi connectivity index (χ2n) is 6.90. The SMILES string of the molecule is CCOC(=O)C1CCN(C(=O)CN(c2cccc(C)c2C)S(C)(=O)=O)CC1. The number of likely N-dealkylation sites (tertiary alicyclic amines) is 1. The van der Waals surface area contributed by atoms with Crippen molar-refractivity contribution in [3.8, 4) is 0 Å². The summed E-state index contributed by atoms with van der Waals surface area (Å²) in [6.45, 7) is 6.47. The first-order valence-electron chi connectivity index (χ1n) is 9.13. The van der Waals surface area contributed by atoms with E-state index in [4.69, 9.17) is 4.74 Å². The third kappa shape index (κ3) is 5.22. The van der Waals surface area contributed by atoms with Gasteiger partial charge in [-0.25, -0.2) is 8.42 Å². The van der Waals surface area contributed by atoms with Crippen LogP contribution >= 0.6 is 0 Å². The number of ether oxygens (including phenoxy) is 1. The Morgan fingerprint density at radius 1 is 1.22 bits per heavy atom. The summed E-state index contributed by atoms with van der Waals surface area (Å²) >= 11 is 0. The van der Waals surface area contributed by atoms with Gasteiger partial charge in [-0.05, 0) is 50.8 Å². The summed E-state index contributed by atoms with van der Waals surface area (Å²) in [6.07, 6.45) is 2.18. The first-order valence-corrected chi connectivity index (χ1v) is 11.0. The molecule has 1 fully saturated rings. The van der Waals surface area contributed by atoms with E-state index in [0.717, 1.165) is 21.7 Å². The number of carbonyl (C=O) groups excluding carboxylic acids is 2. The molecule has 0 spiro atoms. The molecule has 8 heteroatoms. The zero-order chi connectivity index (χ0) is 20.2. The van der Waals surface area contributed by atoms with Gasteiger partial charge in [0.25, 0.3) is 0 Å². The van der Waals surface area contributed by atoms with Gasteiger partial charge in [-0.3, -0.25) is 13.9 Å². The third-order valence-corrected chi connectivity index (χ3v) is 6.12. The van der Waals surface area contributed by atoms with Crippen molar-refractivity contribution in [2.75, 3.05) is 36.8 Å². The van der Waals surface area contributed by atoms with Gasteiger partial charge >= 0.3 is 5.97 Å². The molecule has 1 saturated heterocycles. The molecule has 1 aromatic rings. The zero-order valence-electron chi connectivity index (χ0n) is 16.4. The van der Waals surface area contributed by atoms with E-state index in [1.807, 2.05) is 19.9 Å². The minimum Gasteiger partial charge on any atom is -0.466 e. The van der Waals surface area contributed by atoms with Crippen molar-refractivity contribution in [3.05, 3.63) is 29.3 Å². The minimum atomic E-state index is -3.61. The lowest BCUT2D eigenvalue weighted by atomic mass is 9.97. The van der Waals surface area contributed by atoms with Crippen molar-refractivity contribution in [3.63, 3.8) is 0 Å². The van der Waals surface area contributed by atoms with Crippen LogP contribution in [-0.2, 0) is 24.3 Å². The summed E-state index contributed by atoms with van der Waals surface area (Å²) in [7, 11) is -3.61. The Hall–Kier alpha value is -2.09. The minimum absolute atomic E-state index is 0.195. The van der Waals surface area contributed by atoms with E-state index in [0.29, 0.717) is 38.2 Å². The Balaban J connectivity index is 2.10. The summed E-state index contributed by atoms with van der Waals surface area (Å²) < 4.78 is 30.8. The average Bonchev–Trinajstić information content (AvgIpc) is 2.61. The summed E-state index contributed by atoms with van der Waals surface area (Å²) in [5.74, 6) is -0.680. The summed E-state index contributed by atoms with van der Waals surface area (Å²) in [5.41, 5.74) is 2.31. The molecule has 1 aromatic carbocycles. The Labute approximate surface area is 161 Å². The lowest BCUT2D eigenvalue weighted by molar-refractivity contribution is -0.151. The van der Waals surface area contributed by atoms with Crippen molar-refractivity contribution in [1.82, 2.24) is 4.90 Å². The van der Waals surface area contributed by atoms with E-state index in [1.165, 1.54) is 0 Å². The van der Waals surface area contributed by atoms with Gasteiger partial charge in [-0.15, -0.1) is 0 Å². The van der Waals surface area contributed by atoms with Gasteiger partial charge in [-0.1, -0.05) is 12.1 Å². The fourth-order valence-electron chi connectivity index (χ4n) is 3.23. The summed E-state index contributed by atoms with van der Waals surface area (Å²) in [5, 5.41) is 0. The van der Waals surface area contributed by atoms with E-state index in [2.05, 4.69) is 0 Å². The molecule has 0 N–H and O–H groups in total.